The number of piperidine rings is 1. The predicted molar refractivity (Wildman–Crippen MR) is 90.8 cm³/mol. The molecule has 2 heteroatoms. The minimum Gasteiger partial charge on any atom is -0.371 e. The predicted octanol–water partition coefficient (Wildman–Crippen LogP) is 4.12. The van der Waals surface area contributed by atoms with Crippen LogP contribution >= 0.6 is 0 Å². The molecule has 1 aliphatic heterocycles. The van der Waals surface area contributed by atoms with Crippen molar-refractivity contribution in [3.63, 3.8) is 0 Å². The van der Waals surface area contributed by atoms with Crippen molar-refractivity contribution < 1.29 is 0 Å². The fourth-order valence-corrected chi connectivity index (χ4v) is 3.51. The lowest BCUT2D eigenvalue weighted by molar-refractivity contribution is 0.311. The molecule has 2 aliphatic rings. The van der Waals surface area contributed by atoms with Gasteiger partial charge in [0.2, 0.25) is 0 Å². The quantitative estimate of drug-likeness (QED) is 0.876. The summed E-state index contributed by atoms with van der Waals surface area (Å²) in [6, 6.07) is 7.77. The van der Waals surface area contributed by atoms with E-state index in [1.807, 2.05) is 0 Å². The zero-order chi connectivity index (χ0) is 14.8. The van der Waals surface area contributed by atoms with Crippen LogP contribution in [0, 0.1) is 18.8 Å². The average molecular weight is 286 g/mol. The Morgan fingerprint density at radius 1 is 1.14 bits per heavy atom. The van der Waals surface area contributed by atoms with Crippen LogP contribution in [-0.2, 0) is 6.54 Å². The zero-order valence-corrected chi connectivity index (χ0v) is 13.9. The first kappa shape index (κ1) is 14.9. The lowest BCUT2D eigenvalue weighted by atomic mass is 9.86. The van der Waals surface area contributed by atoms with Crippen LogP contribution in [0.25, 0.3) is 0 Å². The maximum atomic E-state index is 3.68. The van der Waals surface area contributed by atoms with Crippen LogP contribution in [0.15, 0.2) is 18.2 Å². The summed E-state index contributed by atoms with van der Waals surface area (Å²) in [5.74, 6) is 1.75. The molecule has 1 saturated carbocycles. The van der Waals surface area contributed by atoms with Gasteiger partial charge in [0.1, 0.15) is 0 Å². The number of benzene rings is 1. The summed E-state index contributed by atoms with van der Waals surface area (Å²) in [6.45, 7) is 10.4. The molecule has 0 atom stereocenters. The molecule has 1 aromatic carbocycles. The molecule has 0 amide bonds. The van der Waals surface area contributed by atoms with Gasteiger partial charge < -0.3 is 10.2 Å². The maximum absolute atomic E-state index is 3.68. The number of hydrogen-bond donors (Lipinski definition) is 1. The monoisotopic (exact) mass is 286 g/mol. The van der Waals surface area contributed by atoms with Crippen molar-refractivity contribution in [2.75, 3.05) is 18.0 Å². The van der Waals surface area contributed by atoms with E-state index in [9.17, 15) is 0 Å². The van der Waals surface area contributed by atoms with E-state index in [0.717, 1.165) is 24.4 Å². The molecular weight excluding hydrogens is 256 g/mol. The van der Waals surface area contributed by atoms with Gasteiger partial charge in [-0.3, -0.25) is 0 Å². The highest BCUT2D eigenvalue weighted by Gasteiger charge is 2.24. The van der Waals surface area contributed by atoms with Crippen LogP contribution < -0.4 is 10.2 Å². The first-order valence-corrected chi connectivity index (χ1v) is 8.71. The fourth-order valence-electron chi connectivity index (χ4n) is 3.51. The van der Waals surface area contributed by atoms with Crippen LogP contribution in [-0.4, -0.2) is 19.1 Å². The third-order valence-electron chi connectivity index (χ3n) is 5.22. The smallest absolute Gasteiger partial charge is 0.0412 e. The lowest BCUT2D eigenvalue weighted by Crippen LogP contribution is -2.36. The molecule has 2 fully saturated rings. The van der Waals surface area contributed by atoms with Gasteiger partial charge in [0, 0.05) is 31.4 Å². The van der Waals surface area contributed by atoms with Crippen molar-refractivity contribution in [3.05, 3.63) is 29.3 Å². The Bertz CT molecular complexity index is 468. The fraction of sp³-hybridized carbons (Fsp3) is 0.684. The molecule has 1 saturated heterocycles. The molecule has 0 unspecified atom stereocenters. The van der Waals surface area contributed by atoms with Crippen LogP contribution in [0.5, 0.6) is 0 Å². The molecule has 2 nitrogen and oxygen atoms in total. The number of hydrogen-bond acceptors (Lipinski definition) is 2. The summed E-state index contributed by atoms with van der Waals surface area (Å²) in [7, 11) is 0. The van der Waals surface area contributed by atoms with Gasteiger partial charge in [-0.1, -0.05) is 31.5 Å². The molecule has 0 radical (unpaired) electrons. The van der Waals surface area contributed by atoms with E-state index in [1.54, 1.807) is 0 Å². The van der Waals surface area contributed by atoms with Gasteiger partial charge >= 0.3 is 0 Å². The Morgan fingerprint density at radius 2 is 1.86 bits per heavy atom. The van der Waals surface area contributed by atoms with Gasteiger partial charge in [-0.2, -0.15) is 0 Å². The minimum atomic E-state index is 0.782. The molecule has 3 rings (SSSR count). The first-order chi connectivity index (χ1) is 10.1. The Balaban J connectivity index is 1.68. The van der Waals surface area contributed by atoms with Crippen LogP contribution in [0.2, 0.25) is 0 Å². The second-order valence-corrected chi connectivity index (χ2v) is 7.36. The molecule has 21 heavy (non-hydrogen) atoms. The molecule has 1 N–H and O–H groups in total. The second-order valence-electron chi connectivity index (χ2n) is 7.36. The number of rotatable bonds is 5. The molecule has 1 heterocycles. The van der Waals surface area contributed by atoms with E-state index >= 15 is 0 Å². The summed E-state index contributed by atoms with van der Waals surface area (Å²) in [4.78, 5) is 2.61. The van der Waals surface area contributed by atoms with Gasteiger partial charge in [-0.05, 0) is 56.1 Å². The molecule has 116 valence electrons. The molecule has 0 spiro atoms. The van der Waals surface area contributed by atoms with E-state index < -0.39 is 0 Å². The topological polar surface area (TPSA) is 15.3 Å². The van der Waals surface area contributed by atoms with Gasteiger partial charge in [0.15, 0.2) is 0 Å². The highest BCUT2D eigenvalue weighted by atomic mass is 15.1. The summed E-state index contributed by atoms with van der Waals surface area (Å²) in [5.41, 5.74) is 4.34. The largest absolute Gasteiger partial charge is 0.371 e. The highest BCUT2D eigenvalue weighted by Crippen LogP contribution is 2.30. The molecule has 1 aromatic rings. The molecule has 1 aliphatic carbocycles. The Morgan fingerprint density at radius 3 is 2.48 bits per heavy atom. The van der Waals surface area contributed by atoms with Gasteiger partial charge in [-0.15, -0.1) is 0 Å². The molecular formula is C19H30N2. The number of aryl methyl sites for hydroxylation is 1. The molecule has 0 aromatic heterocycles. The standard InChI is InChI=1S/C19H30N2/c1-14(2)16-8-10-21(11-9-16)19-7-4-15(3)12-17(19)13-20-18-5-6-18/h4,7,12,14,16,18,20H,5-6,8-11,13H2,1-3H3. The van der Waals surface area contributed by atoms with Crippen molar-refractivity contribution >= 4 is 5.69 Å². The third kappa shape index (κ3) is 3.79. The molecule has 0 bridgehead atoms. The Kier molecular flexibility index (Phi) is 4.54. The van der Waals surface area contributed by atoms with Crippen LogP contribution in [0.3, 0.4) is 0 Å². The van der Waals surface area contributed by atoms with Crippen molar-refractivity contribution in [1.29, 1.82) is 0 Å². The van der Waals surface area contributed by atoms with Gasteiger partial charge in [0.25, 0.3) is 0 Å². The van der Waals surface area contributed by atoms with Crippen LogP contribution in [0.1, 0.15) is 50.7 Å². The number of anilines is 1. The summed E-state index contributed by atoms with van der Waals surface area (Å²) in [5, 5.41) is 3.68. The summed E-state index contributed by atoms with van der Waals surface area (Å²) in [6.07, 6.45) is 5.42. The van der Waals surface area contributed by atoms with E-state index in [4.69, 9.17) is 0 Å². The maximum Gasteiger partial charge on any atom is 0.0412 e. The third-order valence-corrected chi connectivity index (χ3v) is 5.22. The van der Waals surface area contributed by atoms with E-state index in [1.165, 1.54) is 55.6 Å². The second kappa shape index (κ2) is 6.39. The van der Waals surface area contributed by atoms with Crippen molar-refractivity contribution in [2.45, 2.75) is 59.0 Å². The Labute approximate surface area is 129 Å². The Hall–Kier alpha value is -1.02. The van der Waals surface area contributed by atoms with Crippen molar-refractivity contribution in [1.82, 2.24) is 5.32 Å². The lowest BCUT2D eigenvalue weighted by Gasteiger charge is -2.36. The normalized spacial score (nSPS) is 20.3. The van der Waals surface area contributed by atoms with Gasteiger partial charge in [-0.25, -0.2) is 0 Å². The minimum absolute atomic E-state index is 0.782. The van der Waals surface area contributed by atoms with E-state index in [0.29, 0.717) is 0 Å². The summed E-state index contributed by atoms with van der Waals surface area (Å²) < 4.78 is 0. The van der Waals surface area contributed by atoms with E-state index in [-0.39, 0.29) is 0 Å². The number of nitrogens with zero attached hydrogens (tertiary/aromatic N) is 1. The van der Waals surface area contributed by atoms with E-state index in [2.05, 4.69) is 49.2 Å². The van der Waals surface area contributed by atoms with Crippen molar-refractivity contribution in [2.24, 2.45) is 11.8 Å². The van der Waals surface area contributed by atoms with Crippen LogP contribution in [0.4, 0.5) is 5.69 Å². The zero-order valence-electron chi connectivity index (χ0n) is 13.9. The number of nitrogens with one attached hydrogen (secondary N) is 1. The SMILES string of the molecule is Cc1ccc(N2CCC(C(C)C)CC2)c(CNC2CC2)c1. The van der Waals surface area contributed by atoms with Crippen molar-refractivity contribution in [3.8, 4) is 0 Å². The highest BCUT2D eigenvalue weighted by molar-refractivity contribution is 5.55. The van der Waals surface area contributed by atoms with Gasteiger partial charge in [0.05, 0.1) is 0 Å². The first-order valence-electron chi connectivity index (χ1n) is 8.71. The summed E-state index contributed by atoms with van der Waals surface area (Å²) >= 11 is 0. The average Bonchev–Trinajstić information content (AvgIpc) is 3.29.